The Morgan fingerprint density at radius 1 is 1.48 bits per heavy atom. The Hall–Kier alpha value is -1.75. The van der Waals surface area contributed by atoms with Gasteiger partial charge in [-0.25, -0.2) is 4.79 Å². The Kier molecular flexibility index (Phi) is 5.44. The van der Waals surface area contributed by atoms with Gasteiger partial charge in [-0.3, -0.25) is 0 Å². The summed E-state index contributed by atoms with van der Waals surface area (Å²) in [5, 5.41) is 3.38. The fraction of sp³-hybridized carbons (Fsp3) is 0.562. The normalized spacial score (nSPS) is 18.7. The van der Waals surface area contributed by atoms with Crippen molar-refractivity contribution in [1.29, 1.82) is 0 Å². The van der Waals surface area contributed by atoms with Crippen LogP contribution in [0.2, 0.25) is 0 Å². The molecule has 1 atom stereocenters. The summed E-state index contributed by atoms with van der Waals surface area (Å²) in [6.07, 6.45) is 1.21. The number of rotatable bonds is 6. The highest BCUT2D eigenvalue weighted by Crippen LogP contribution is 2.25. The minimum absolute atomic E-state index is 0.352. The molecule has 0 bridgehead atoms. The Labute approximate surface area is 126 Å². The minimum atomic E-state index is -0.364. The van der Waals surface area contributed by atoms with E-state index in [1.165, 1.54) is 13.0 Å². The number of nitrogens with two attached hydrogens (primary N) is 1. The SMILES string of the molecule is CCOC(=O)c1cccc(NCC2CCN(CC)C2)c1N. The number of esters is 1. The van der Waals surface area contributed by atoms with E-state index < -0.39 is 0 Å². The lowest BCUT2D eigenvalue weighted by molar-refractivity contribution is 0.0527. The van der Waals surface area contributed by atoms with Crippen molar-refractivity contribution in [2.24, 2.45) is 5.92 Å². The molecule has 0 amide bonds. The van der Waals surface area contributed by atoms with Crippen LogP contribution in [0.1, 0.15) is 30.6 Å². The largest absolute Gasteiger partial charge is 0.462 e. The molecule has 1 aromatic carbocycles. The van der Waals surface area contributed by atoms with E-state index in [4.69, 9.17) is 10.5 Å². The molecular formula is C16H25N3O2. The zero-order valence-corrected chi connectivity index (χ0v) is 12.9. The topological polar surface area (TPSA) is 67.6 Å². The van der Waals surface area contributed by atoms with E-state index in [-0.39, 0.29) is 5.97 Å². The van der Waals surface area contributed by atoms with Gasteiger partial charge in [0.25, 0.3) is 0 Å². The van der Waals surface area contributed by atoms with Gasteiger partial charge in [-0.1, -0.05) is 13.0 Å². The molecule has 3 N–H and O–H groups in total. The van der Waals surface area contributed by atoms with E-state index in [0.717, 1.165) is 25.3 Å². The molecule has 1 aliphatic heterocycles. The van der Waals surface area contributed by atoms with Crippen LogP contribution in [-0.2, 0) is 4.74 Å². The Balaban J connectivity index is 1.97. The predicted octanol–water partition coefficient (Wildman–Crippen LogP) is 2.20. The maximum Gasteiger partial charge on any atom is 0.340 e. The van der Waals surface area contributed by atoms with Gasteiger partial charge in [-0.2, -0.15) is 0 Å². The van der Waals surface area contributed by atoms with Gasteiger partial charge in [0.05, 0.1) is 23.5 Å². The molecule has 1 unspecified atom stereocenters. The first-order valence-electron chi connectivity index (χ1n) is 7.67. The number of hydrogen-bond donors (Lipinski definition) is 2. The molecule has 0 saturated carbocycles. The molecule has 1 fully saturated rings. The lowest BCUT2D eigenvalue weighted by Crippen LogP contribution is -2.22. The number of anilines is 2. The van der Waals surface area contributed by atoms with E-state index in [1.807, 2.05) is 12.1 Å². The van der Waals surface area contributed by atoms with Crippen LogP contribution in [0, 0.1) is 5.92 Å². The second-order valence-corrected chi connectivity index (χ2v) is 5.42. The molecule has 1 heterocycles. The predicted molar refractivity (Wildman–Crippen MR) is 85.5 cm³/mol. The zero-order chi connectivity index (χ0) is 15.2. The number of benzene rings is 1. The minimum Gasteiger partial charge on any atom is -0.462 e. The Bertz CT molecular complexity index is 490. The van der Waals surface area contributed by atoms with E-state index >= 15 is 0 Å². The number of carbonyl (C=O) groups is 1. The van der Waals surface area contributed by atoms with Gasteiger partial charge < -0.3 is 20.7 Å². The van der Waals surface area contributed by atoms with Crippen LogP contribution in [-0.4, -0.2) is 43.7 Å². The molecule has 1 aliphatic rings. The van der Waals surface area contributed by atoms with E-state index in [9.17, 15) is 4.79 Å². The number of nitrogens with one attached hydrogen (secondary N) is 1. The van der Waals surface area contributed by atoms with Gasteiger partial charge >= 0.3 is 5.97 Å². The first-order valence-corrected chi connectivity index (χ1v) is 7.67. The first-order chi connectivity index (χ1) is 10.2. The molecule has 1 saturated heterocycles. The third-order valence-corrected chi connectivity index (χ3v) is 4.00. The molecule has 0 aromatic heterocycles. The van der Waals surface area contributed by atoms with Crippen LogP contribution in [0.3, 0.4) is 0 Å². The maximum absolute atomic E-state index is 11.8. The summed E-state index contributed by atoms with van der Waals surface area (Å²) in [6, 6.07) is 5.44. The van der Waals surface area contributed by atoms with Crippen LogP contribution in [0.15, 0.2) is 18.2 Å². The first kappa shape index (κ1) is 15.6. The standard InChI is InChI=1S/C16H25N3O2/c1-3-19-9-8-12(11-19)10-18-14-7-5-6-13(15(14)17)16(20)21-4-2/h5-7,12,18H,3-4,8-11,17H2,1-2H3. The summed E-state index contributed by atoms with van der Waals surface area (Å²) in [7, 11) is 0. The summed E-state index contributed by atoms with van der Waals surface area (Å²) in [4.78, 5) is 14.3. The zero-order valence-electron chi connectivity index (χ0n) is 12.9. The molecule has 116 valence electrons. The smallest absolute Gasteiger partial charge is 0.340 e. The van der Waals surface area contributed by atoms with Crippen LogP contribution >= 0.6 is 0 Å². The van der Waals surface area contributed by atoms with E-state index in [0.29, 0.717) is 23.8 Å². The summed E-state index contributed by atoms with van der Waals surface area (Å²) >= 11 is 0. The van der Waals surface area contributed by atoms with Gasteiger partial charge in [0.2, 0.25) is 0 Å². The van der Waals surface area contributed by atoms with Crippen LogP contribution in [0.25, 0.3) is 0 Å². The van der Waals surface area contributed by atoms with Crippen molar-refractivity contribution in [2.75, 3.05) is 43.8 Å². The fourth-order valence-corrected chi connectivity index (χ4v) is 2.73. The number of likely N-dealkylation sites (tertiary alicyclic amines) is 1. The fourth-order valence-electron chi connectivity index (χ4n) is 2.73. The highest BCUT2D eigenvalue weighted by atomic mass is 16.5. The van der Waals surface area contributed by atoms with Crippen molar-refractivity contribution in [3.63, 3.8) is 0 Å². The lowest BCUT2D eigenvalue weighted by atomic mass is 10.1. The molecule has 0 aliphatic carbocycles. The number of ether oxygens (including phenoxy) is 1. The summed E-state index contributed by atoms with van der Waals surface area (Å²) < 4.78 is 5.02. The molecule has 1 aromatic rings. The average Bonchev–Trinajstić information content (AvgIpc) is 2.94. The molecule has 0 spiro atoms. The third kappa shape index (κ3) is 3.88. The average molecular weight is 291 g/mol. The second-order valence-electron chi connectivity index (χ2n) is 5.42. The molecule has 5 heteroatoms. The van der Waals surface area contributed by atoms with Crippen molar-refractivity contribution in [2.45, 2.75) is 20.3 Å². The second kappa shape index (κ2) is 7.31. The quantitative estimate of drug-likeness (QED) is 0.621. The van der Waals surface area contributed by atoms with E-state index in [2.05, 4.69) is 17.1 Å². The molecule has 2 rings (SSSR count). The molecular weight excluding hydrogens is 266 g/mol. The van der Waals surface area contributed by atoms with Crippen molar-refractivity contribution in [3.8, 4) is 0 Å². The maximum atomic E-state index is 11.8. The summed E-state index contributed by atoms with van der Waals surface area (Å²) in [5.74, 6) is 0.271. The van der Waals surface area contributed by atoms with Gasteiger partial charge in [0, 0.05) is 13.1 Å². The third-order valence-electron chi connectivity index (χ3n) is 4.00. The monoisotopic (exact) mass is 291 g/mol. The highest BCUT2D eigenvalue weighted by Gasteiger charge is 2.21. The number of nitrogens with zero attached hydrogens (tertiary/aromatic N) is 1. The number of para-hydroxylation sites is 1. The molecule has 21 heavy (non-hydrogen) atoms. The van der Waals surface area contributed by atoms with Gasteiger partial charge in [-0.05, 0) is 44.5 Å². The van der Waals surface area contributed by atoms with Crippen molar-refractivity contribution in [1.82, 2.24) is 4.90 Å². The highest BCUT2D eigenvalue weighted by molar-refractivity contribution is 5.98. The summed E-state index contributed by atoms with van der Waals surface area (Å²) in [5.41, 5.74) is 7.80. The van der Waals surface area contributed by atoms with Crippen molar-refractivity contribution < 1.29 is 9.53 Å². The van der Waals surface area contributed by atoms with E-state index in [1.54, 1.807) is 13.0 Å². The van der Waals surface area contributed by atoms with Crippen LogP contribution < -0.4 is 11.1 Å². The van der Waals surface area contributed by atoms with Crippen LogP contribution in [0.4, 0.5) is 11.4 Å². The van der Waals surface area contributed by atoms with Crippen molar-refractivity contribution in [3.05, 3.63) is 23.8 Å². The summed E-state index contributed by atoms with van der Waals surface area (Å²) in [6.45, 7) is 8.61. The number of carbonyl (C=O) groups excluding carboxylic acids is 1. The number of hydrogen-bond acceptors (Lipinski definition) is 5. The van der Waals surface area contributed by atoms with Gasteiger partial charge in [0.15, 0.2) is 0 Å². The molecule has 0 radical (unpaired) electrons. The van der Waals surface area contributed by atoms with Crippen molar-refractivity contribution >= 4 is 17.3 Å². The number of nitrogen functional groups attached to an aromatic ring is 1. The lowest BCUT2D eigenvalue weighted by Gasteiger charge is -2.16. The molecule has 5 nitrogen and oxygen atoms in total. The van der Waals surface area contributed by atoms with Crippen LogP contribution in [0.5, 0.6) is 0 Å². The Morgan fingerprint density at radius 2 is 2.29 bits per heavy atom. The van der Waals surface area contributed by atoms with Gasteiger partial charge in [-0.15, -0.1) is 0 Å². The Morgan fingerprint density at radius 3 is 2.95 bits per heavy atom. The van der Waals surface area contributed by atoms with Gasteiger partial charge in [0.1, 0.15) is 0 Å².